The molecule has 1 fully saturated rings. The monoisotopic (exact) mass is 308 g/mol. The minimum Gasteiger partial charge on any atom is -0.384 e. The topological polar surface area (TPSA) is 58.6 Å². The number of ketones is 1. The van der Waals surface area contributed by atoms with E-state index in [1.165, 1.54) is 0 Å². The zero-order valence-electron chi connectivity index (χ0n) is 11.8. The van der Waals surface area contributed by atoms with Crippen molar-refractivity contribution in [2.24, 2.45) is 5.92 Å². The number of piperidine rings is 1. The number of hydrogen-bond acceptors (Lipinski definition) is 4. The Labute approximate surface area is 128 Å². The molecule has 0 saturated carbocycles. The van der Waals surface area contributed by atoms with Gasteiger partial charge in [0.25, 0.3) is 11.7 Å². The smallest absolute Gasteiger partial charge is 0.296 e. The molecule has 0 atom stereocenters. The highest BCUT2D eigenvalue weighted by Crippen LogP contribution is 2.36. The number of rotatable bonds is 3. The van der Waals surface area contributed by atoms with Gasteiger partial charge >= 0.3 is 0 Å². The molecule has 2 aliphatic heterocycles. The van der Waals surface area contributed by atoms with Crippen LogP contribution in [0, 0.1) is 5.92 Å². The van der Waals surface area contributed by atoms with Gasteiger partial charge in [-0.05, 0) is 30.9 Å². The molecule has 2 aliphatic rings. The molecule has 1 saturated heterocycles. The van der Waals surface area contributed by atoms with E-state index in [4.69, 9.17) is 16.3 Å². The number of nitrogens with zero attached hydrogens (tertiary/aromatic N) is 1. The number of ether oxygens (including phenoxy) is 1. The van der Waals surface area contributed by atoms with Crippen molar-refractivity contribution >= 4 is 34.7 Å². The second-order valence-corrected chi connectivity index (χ2v) is 5.93. The predicted octanol–water partition coefficient (Wildman–Crippen LogP) is 2.34. The van der Waals surface area contributed by atoms with E-state index in [-0.39, 0.29) is 0 Å². The molecule has 0 radical (unpaired) electrons. The first-order valence-corrected chi connectivity index (χ1v) is 7.41. The van der Waals surface area contributed by atoms with Crippen LogP contribution in [0.1, 0.15) is 23.2 Å². The first kappa shape index (κ1) is 14.4. The fourth-order valence-electron chi connectivity index (χ4n) is 2.97. The standard InChI is InChI=1S/C15H17ClN2O3/c1-21-8-9-2-4-18(5-3-9)13-7-12-10(6-11(13)16)14(19)15(20)17-12/h6-7,9H,2-5,8H2,1H3,(H,17,19,20). The zero-order chi connectivity index (χ0) is 15.0. The SMILES string of the molecule is COCC1CCN(c2cc3c(cc2Cl)C(=O)C(=O)N3)CC1. The van der Waals surface area contributed by atoms with Gasteiger partial charge in [-0.15, -0.1) is 0 Å². The first-order valence-electron chi connectivity index (χ1n) is 7.03. The second-order valence-electron chi connectivity index (χ2n) is 5.52. The molecule has 0 unspecified atom stereocenters. The number of carbonyl (C=O) groups is 2. The first-order chi connectivity index (χ1) is 10.1. The molecule has 1 aromatic carbocycles. The third-order valence-corrected chi connectivity index (χ3v) is 4.45. The van der Waals surface area contributed by atoms with Gasteiger partial charge in [-0.3, -0.25) is 9.59 Å². The number of halogens is 1. The second kappa shape index (κ2) is 5.66. The maximum absolute atomic E-state index is 11.7. The van der Waals surface area contributed by atoms with Gasteiger partial charge in [0.05, 0.1) is 22.0 Å². The number of carbonyl (C=O) groups excluding carboxylic acids is 2. The molecule has 3 rings (SSSR count). The summed E-state index contributed by atoms with van der Waals surface area (Å²) >= 11 is 6.29. The molecule has 0 spiro atoms. The molecule has 0 aromatic heterocycles. The van der Waals surface area contributed by atoms with Crippen molar-refractivity contribution in [2.45, 2.75) is 12.8 Å². The number of Topliss-reactive ketones (excluding diaryl/α,β-unsaturated/α-hetero) is 1. The highest BCUT2D eigenvalue weighted by molar-refractivity contribution is 6.52. The van der Waals surface area contributed by atoms with Gasteiger partial charge in [-0.2, -0.15) is 0 Å². The predicted molar refractivity (Wildman–Crippen MR) is 81.2 cm³/mol. The summed E-state index contributed by atoms with van der Waals surface area (Å²) in [6.07, 6.45) is 2.10. The van der Waals surface area contributed by atoms with Crippen LogP contribution in [0.25, 0.3) is 0 Å². The number of amides is 1. The van der Waals surface area contributed by atoms with E-state index in [9.17, 15) is 9.59 Å². The van der Waals surface area contributed by atoms with Gasteiger partial charge in [0, 0.05) is 26.8 Å². The Bertz CT molecular complexity index is 595. The molecule has 1 aromatic rings. The number of anilines is 2. The Morgan fingerprint density at radius 3 is 2.71 bits per heavy atom. The average molecular weight is 309 g/mol. The Kier molecular flexibility index (Phi) is 3.87. The summed E-state index contributed by atoms with van der Waals surface area (Å²) in [5, 5.41) is 3.11. The Hall–Kier alpha value is -1.59. The Balaban J connectivity index is 1.80. The third kappa shape index (κ3) is 2.63. The van der Waals surface area contributed by atoms with Crippen LogP contribution in [-0.4, -0.2) is 38.5 Å². The zero-order valence-corrected chi connectivity index (χ0v) is 12.6. The van der Waals surface area contributed by atoms with Crippen molar-refractivity contribution < 1.29 is 14.3 Å². The molecule has 2 heterocycles. The lowest BCUT2D eigenvalue weighted by atomic mass is 9.97. The molecule has 0 aliphatic carbocycles. The summed E-state index contributed by atoms with van der Waals surface area (Å²) in [6.45, 7) is 2.58. The molecule has 0 bridgehead atoms. The van der Waals surface area contributed by atoms with Crippen LogP contribution in [-0.2, 0) is 9.53 Å². The number of benzene rings is 1. The summed E-state index contributed by atoms with van der Waals surface area (Å²) < 4.78 is 5.20. The van der Waals surface area contributed by atoms with Crippen LogP contribution in [0.15, 0.2) is 12.1 Å². The van der Waals surface area contributed by atoms with E-state index in [0.717, 1.165) is 38.2 Å². The lowest BCUT2D eigenvalue weighted by molar-refractivity contribution is -0.112. The van der Waals surface area contributed by atoms with Crippen LogP contribution in [0.3, 0.4) is 0 Å². The summed E-state index contributed by atoms with van der Waals surface area (Å²) in [7, 11) is 1.73. The largest absolute Gasteiger partial charge is 0.384 e. The van der Waals surface area contributed by atoms with Gasteiger partial charge in [0.1, 0.15) is 0 Å². The van der Waals surface area contributed by atoms with Crippen molar-refractivity contribution in [1.82, 2.24) is 0 Å². The summed E-state index contributed by atoms with van der Waals surface area (Å²) in [5.74, 6) is -0.519. The van der Waals surface area contributed by atoms with Crippen molar-refractivity contribution in [3.63, 3.8) is 0 Å². The lowest BCUT2D eigenvalue weighted by Crippen LogP contribution is -2.35. The number of fused-ring (bicyclic) bond motifs is 1. The highest BCUT2D eigenvalue weighted by atomic mass is 35.5. The molecule has 6 heteroatoms. The number of nitrogens with one attached hydrogen (secondary N) is 1. The van der Waals surface area contributed by atoms with Gasteiger partial charge < -0.3 is 15.0 Å². The molecule has 1 amide bonds. The van der Waals surface area contributed by atoms with Crippen LogP contribution in [0.5, 0.6) is 0 Å². The average Bonchev–Trinajstić information content (AvgIpc) is 2.75. The Morgan fingerprint density at radius 1 is 1.33 bits per heavy atom. The third-order valence-electron chi connectivity index (χ3n) is 4.14. The van der Waals surface area contributed by atoms with E-state index in [2.05, 4.69) is 10.2 Å². The van der Waals surface area contributed by atoms with E-state index in [1.54, 1.807) is 19.2 Å². The molecule has 5 nitrogen and oxygen atoms in total. The summed E-state index contributed by atoms with van der Waals surface area (Å²) in [5.41, 5.74) is 1.80. The van der Waals surface area contributed by atoms with Gasteiger partial charge in [0.2, 0.25) is 0 Å². The van der Waals surface area contributed by atoms with Crippen molar-refractivity contribution in [1.29, 1.82) is 0 Å². The minimum atomic E-state index is -0.586. The summed E-state index contributed by atoms with van der Waals surface area (Å²) in [4.78, 5) is 25.3. The van der Waals surface area contributed by atoms with E-state index in [1.807, 2.05) is 0 Å². The maximum atomic E-state index is 11.7. The quantitative estimate of drug-likeness (QED) is 0.871. The fourth-order valence-corrected chi connectivity index (χ4v) is 3.26. The molecular weight excluding hydrogens is 292 g/mol. The molecule has 112 valence electrons. The van der Waals surface area contributed by atoms with Crippen molar-refractivity contribution in [2.75, 3.05) is 37.0 Å². The number of methoxy groups -OCH3 is 1. The maximum Gasteiger partial charge on any atom is 0.296 e. The fraction of sp³-hybridized carbons (Fsp3) is 0.467. The highest BCUT2D eigenvalue weighted by Gasteiger charge is 2.30. The van der Waals surface area contributed by atoms with Crippen molar-refractivity contribution in [3.05, 3.63) is 22.7 Å². The van der Waals surface area contributed by atoms with Crippen LogP contribution >= 0.6 is 11.6 Å². The normalized spacial score (nSPS) is 18.9. The van der Waals surface area contributed by atoms with Gasteiger partial charge in [0.15, 0.2) is 0 Å². The van der Waals surface area contributed by atoms with Gasteiger partial charge in [-0.25, -0.2) is 0 Å². The van der Waals surface area contributed by atoms with Crippen molar-refractivity contribution in [3.8, 4) is 0 Å². The van der Waals surface area contributed by atoms with Crippen LogP contribution in [0.4, 0.5) is 11.4 Å². The molecular formula is C15H17ClN2O3. The van der Waals surface area contributed by atoms with E-state index >= 15 is 0 Å². The minimum absolute atomic E-state index is 0.364. The molecule has 1 N–H and O–H groups in total. The van der Waals surface area contributed by atoms with Crippen LogP contribution < -0.4 is 10.2 Å². The Morgan fingerprint density at radius 2 is 2.05 bits per heavy atom. The van der Waals surface area contributed by atoms with Crippen LogP contribution in [0.2, 0.25) is 5.02 Å². The molecule has 21 heavy (non-hydrogen) atoms. The van der Waals surface area contributed by atoms with Gasteiger partial charge in [-0.1, -0.05) is 11.6 Å². The summed E-state index contributed by atoms with van der Waals surface area (Å²) in [6, 6.07) is 3.39. The number of hydrogen-bond donors (Lipinski definition) is 1. The lowest BCUT2D eigenvalue weighted by Gasteiger charge is -2.34. The van der Waals surface area contributed by atoms with E-state index < -0.39 is 11.7 Å². The van der Waals surface area contributed by atoms with E-state index in [0.29, 0.717) is 22.2 Å².